The summed E-state index contributed by atoms with van der Waals surface area (Å²) in [5.41, 5.74) is 1.23. The van der Waals surface area contributed by atoms with Crippen LogP contribution in [0.3, 0.4) is 0 Å². The van der Waals surface area contributed by atoms with Gasteiger partial charge in [-0.05, 0) is 42.5 Å². The number of carbonyl (C=O) groups is 1. The van der Waals surface area contributed by atoms with Gasteiger partial charge in [-0.1, -0.05) is 0 Å². The number of H-pyrrole nitrogens is 1. The molecule has 0 spiro atoms. The summed E-state index contributed by atoms with van der Waals surface area (Å²) in [5, 5.41) is 12.7. The molecule has 3 aromatic heterocycles. The first kappa shape index (κ1) is 16.5. The van der Waals surface area contributed by atoms with Crippen molar-refractivity contribution < 1.29 is 9.90 Å². The van der Waals surface area contributed by atoms with E-state index in [2.05, 4.69) is 28.3 Å². The minimum absolute atomic E-state index is 0.0109. The third kappa shape index (κ3) is 3.15. The number of aryl methyl sites for hydroxylation is 1. The summed E-state index contributed by atoms with van der Waals surface area (Å²) < 4.78 is 0. The molecule has 0 bridgehead atoms. The SMILES string of the molecule is Cc1ccsc1[C@@H]1CCN(C(=O)c2ccc(-c3ncc[nH]3)s2)C[C@H]1O. The van der Waals surface area contributed by atoms with Crippen molar-refractivity contribution in [3.05, 3.63) is 51.3 Å². The van der Waals surface area contributed by atoms with Crippen molar-refractivity contribution in [3.63, 3.8) is 0 Å². The molecule has 7 heteroatoms. The third-order valence-corrected chi connectivity index (χ3v) is 6.89. The van der Waals surface area contributed by atoms with Crippen molar-refractivity contribution in [2.75, 3.05) is 13.1 Å². The highest BCUT2D eigenvalue weighted by molar-refractivity contribution is 7.17. The second-order valence-corrected chi connectivity index (χ2v) is 8.31. The van der Waals surface area contributed by atoms with Crippen LogP contribution in [0.4, 0.5) is 0 Å². The maximum atomic E-state index is 12.8. The summed E-state index contributed by atoms with van der Waals surface area (Å²) in [6.07, 6.45) is 3.75. The van der Waals surface area contributed by atoms with Crippen LogP contribution >= 0.6 is 22.7 Å². The summed E-state index contributed by atoms with van der Waals surface area (Å²) in [5.74, 6) is 0.894. The molecule has 130 valence electrons. The Kier molecular flexibility index (Phi) is 4.45. The lowest BCUT2D eigenvalue weighted by molar-refractivity contribution is 0.0390. The number of nitrogens with zero attached hydrogens (tertiary/aromatic N) is 2. The summed E-state index contributed by atoms with van der Waals surface area (Å²) in [6, 6.07) is 5.84. The van der Waals surface area contributed by atoms with Crippen molar-refractivity contribution in [2.45, 2.75) is 25.4 Å². The zero-order chi connectivity index (χ0) is 17.4. The molecular weight excluding hydrogens is 354 g/mol. The van der Waals surface area contributed by atoms with Crippen LogP contribution in [0.5, 0.6) is 0 Å². The number of thiophene rings is 2. The van der Waals surface area contributed by atoms with E-state index in [1.165, 1.54) is 21.8 Å². The minimum Gasteiger partial charge on any atom is -0.391 e. The Morgan fingerprint density at radius 3 is 2.96 bits per heavy atom. The van der Waals surface area contributed by atoms with Gasteiger partial charge in [-0.2, -0.15) is 0 Å². The molecule has 0 aromatic carbocycles. The van der Waals surface area contributed by atoms with E-state index in [4.69, 9.17) is 0 Å². The van der Waals surface area contributed by atoms with Gasteiger partial charge in [-0.3, -0.25) is 4.79 Å². The molecule has 1 aliphatic heterocycles. The van der Waals surface area contributed by atoms with Gasteiger partial charge < -0.3 is 15.0 Å². The van der Waals surface area contributed by atoms with Crippen LogP contribution < -0.4 is 0 Å². The van der Waals surface area contributed by atoms with Crippen molar-refractivity contribution in [1.82, 2.24) is 14.9 Å². The molecule has 1 fully saturated rings. The fourth-order valence-corrected chi connectivity index (χ4v) is 5.38. The second kappa shape index (κ2) is 6.74. The van der Waals surface area contributed by atoms with Crippen LogP contribution in [0.2, 0.25) is 0 Å². The van der Waals surface area contributed by atoms with Gasteiger partial charge in [-0.25, -0.2) is 4.98 Å². The number of carbonyl (C=O) groups excluding carboxylic acids is 1. The number of piperidine rings is 1. The van der Waals surface area contributed by atoms with Crippen LogP contribution in [-0.4, -0.2) is 45.1 Å². The molecule has 5 nitrogen and oxygen atoms in total. The fourth-order valence-electron chi connectivity index (χ4n) is 3.32. The first-order valence-electron chi connectivity index (χ1n) is 8.24. The number of aliphatic hydroxyl groups is 1. The van der Waals surface area contributed by atoms with Crippen LogP contribution in [0.25, 0.3) is 10.7 Å². The predicted molar refractivity (Wildman–Crippen MR) is 100 cm³/mol. The number of aromatic amines is 1. The Morgan fingerprint density at radius 2 is 2.28 bits per heavy atom. The standard InChI is InChI=1S/C18H19N3O2S2/c1-11-5-9-24-16(11)12-4-8-21(10-13(12)22)18(23)15-3-2-14(25-15)17-19-6-7-20-17/h2-3,5-7,9,12-13,22H,4,8,10H2,1H3,(H,19,20)/t12-,13-/m1/s1. The van der Waals surface area contributed by atoms with Crippen molar-refractivity contribution in [2.24, 2.45) is 0 Å². The maximum Gasteiger partial charge on any atom is 0.264 e. The molecule has 0 saturated carbocycles. The Balaban J connectivity index is 1.47. The molecule has 4 heterocycles. The number of aromatic nitrogens is 2. The summed E-state index contributed by atoms with van der Waals surface area (Å²) in [6.45, 7) is 3.14. The average molecular weight is 374 g/mol. The monoisotopic (exact) mass is 373 g/mol. The molecule has 1 saturated heterocycles. The van der Waals surface area contributed by atoms with E-state index in [-0.39, 0.29) is 11.8 Å². The van der Waals surface area contributed by atoms with Gasteiger partial charge in [0.25, 0.3) is 5.91 Å². The van der Waals surface area contributed by atoms with E-state index < -0.39 is 6.10 Å². The fraction of sp³-hybridized carbons (Fsp3) is 0.333. The van der Waals surface area contributed by atoms with E-state index in [9.17, 15) is 9.90 Å². The van der Waals surface area contributed by atoms with Crippen LogP contribution in [0.15, 0.2) is 36.0 Å². The first-order chi connectivity index (χ1) is 12.1. The molecule has 25 heavy (non-hydrogen) atoms. The zero-order valence-corrected chi connectivity index (χ0v) is 15.4. The largest absolute Gasteiger partial charge is 0.391 e. The summed E-state index contributed by atoms with van der Waals surface area (Å²) in [7, 11) is 0. The van der Waals surface area contributed by atoms with Gasteiger partial charge in [-0.15, -0.1) is 22.7 Å². The number of hydrogen-bond acceptors (Lipinski definition) is 5. The number of imidazole rings is 1. The van der Waals surface area contributed by atoms with Crippen LogP contribution in [0.1, 0.15) is 32.5 Å². The first-order valence-corrected chi connectivity index (χ1v) is 9.94. The van der Waals surface area contributed by atoms with E-state index >= 15 is 0 Å². The minimum atomic E-state index is -0.514. The average Bonchev–Trinajstić information content (AvgIpc) is 3.35. The molecular formula is C18H19N3O2S2. The second-order valence-electron chi connectivity index (χ2n) is 6.28. The number of aliphatic hydroxyl groups excluding tert-OH is 1. The van der Waals surface area contributed by atoms with Gasteiger partial charge in [0.05, 0.1) is 15.9 Å². The van der Waals surface area contributed by atoms with Crippen molar-refractivity contribution in [1.29, 1.82) is 0 Å². The lowest BCUT2D eigenvalue weighted by Gasteiger charge is -2.35. The van der Waals surface area contributed by atoms with Crippen LogP contribution in [0, 0.1) is 6.92 Å². The maximum absolute atomic E-state index is 12.8. The van der Waals surface area contributed by atoms with Gasteiger partial charge in [0.15, 0.2) is 0 Å². The van der Waals surface area contributed by atoms with Gasteiger partial charge >= 0.3 is 0 Å². The van der Waals surface area contributed by atoms with E-state index in [1.807, 2.05) is 12.1 Å². The summed E-state index contributed by atoms with van der Waals surface area (Å²) in [4.78, 5) is 24.7. The molecule has 0 unspecified atom stereocenters. The van der Waals surface area contributed by atoms with Crippen molar-refractivity contribution in [3.8, 4) is 10.7 Å². The Labute approximate surface area is 154 Å². The molecule has 0 aliphatic carbocycles. The number of rotatable bonds is 3. The Morgan fingerprint density at radius 1 is 1.40 bits per heavy atom. The lowest BCUT2D eigenvalue weighted by Crippen LogP contribution is -2.45. The topological polar surface area (TPSA) is 69.2 Å². The molecule has 4 rings (SSSR count). The van der Waals surface area contributed by atoms with E-state index in [0.29, 0.717) is 18.0 Å². The number of β-amino-alcohol motifs (C(OH)–C–C–N with tert-alkyl or cyclic N) is 1. The number of nitrogens with one attached hydrogen (secondary N) is 1. The lowest BCUT2D eigenvalue weighted by atomic mass is 9.90. The smallest absolute Gasteiger partial charge is 0.264 e. The molecule has 2 N–H and O–H groups in total. The third-order valence-electron chi connectivity index (χ3n) is 4.66. The van der Waals surface area contributed by atoms with Gasteiger partial charge in [0.1, 0.15) is 5.82 Å². The highest BCUT2D eigenvalue weighted by Gasteiger charge is 2.33. The molecule has 0 radical (unpaired) electrons. The number of hydrogen-bond donors (Lipinski definition) is 2. The van der Waals surface area contributed by atoms with E-state index in [0.717, 1.165) is 17.1 Å². The Hall–Kier alpha value is -1.96. The Bertz CT molecular complexity index is 869. The van der Waals surface area contributed by atoms with Crippen LogP contribution in [-0.2, 0) is 0 Å². The molecule has 1 amide bonds. The van der Waals surface area contributed by atoms with E-state index in [1.54, 1.807) is 28.6 Å². The van der Waals surface area contributed by atoms with Gasteiger partial charge in [0, 0.05) is 36.3 Å². The van der Waals surface area contributed by atoms with Gasteiger partial charge in [0.2, 0.25) is 0 Å². The quantitative estimate of drug-likeness (QED) is 0.738. The predicted octanol–water partition coefficient (Wildman–Crippen LogP) is 3.50. The molecule has 2 atom stereocenters. The number of amides is 1. The highest BCUT2D eigenvalue weighted by Crippen LogP contribution is 2.35. The number of likely N-dealkylation sites (tertiary alicyclic amines) is 1. The normalized spacial score (nSPS) is 20.8. The highest BCUT2D eigenvalue weighted by atomic mass is 32.1. The van der Waals surface area contributed by atoms with Crippen molar-refractivity contribution >= 4 is 28.6 Å². The molecule has 1 aliphatic rings. The summed E-state index contributed by atoms with van der Waals surface area (Å²) >= 11 is 3.13. The zero-order valence-electron chi connectivity index (χ0n) is 13.8. The molecule has 3 aromatic rings.